The molecule has 20 nitrogen and oxygen atoms in total. The number of carbonyl (C=O) groups excluding carboxylic acids is 2. The zero-order valence-corrected chi connectivity index (χ0v) is 59.5. The van der Waals surface area contributed by atoms with E-state index in [1.807, 2.05) is 6.07 Å². The molecule has 0 radical (unpaired) electrons. The molecule has 6 aliphatic heterocycles. The number of rotatable bonds is 8. The summed E-state index contributed by atoms with van der Waals surface area (Å²) in [5.74, 6) is -0.366. The Bertz CT molecular complexity index is 4120. The molecule has 6 aromatic carbocycles. The number of nitrogens with zero attached hydrogens (tertiary/aromatic N) is 3. The maximum atomic E-state index is 12.8. The number of carboxylic acids is 1. The average Bonchev–Trinajstić information content (AvgIpc) is 1.60. The Morgan fingerprint density at radius 2 is 0.755 bits per heavy atom. The molecule has 15 rings (SSSR count). The lowest BCUT2D eigenvalue weighted by Crippen LogP contribution is -2.26. The second-order valence-corrected chi connectivity index (χ2v) is 27.2. The topological polar surface area (TPSA) is 271 Å². The van der Waals surface area contributed by atoms with Crippen molar-refractivity contribution in [2.24, 2.45) is 0 Å². The first-order valence-electron chi connectivity index (χ1n) is 28.2. The van der Waals surface area contributed by atoms with Gasteiger partial charge in [-0.3, -0.25) is 14.4 Å². The van der Waals surface area contributed by atoms with Crippen molar-refractivity contribution in [1.29, 1.82) is 15.8 Å². The number of fused-ring (bicyclic) bond motifs is 6. The summed E-state index contributed by atoms with van der Waals surface area (Å²) in [4.78, 5) is 32.2. The van der Waals surface area contributed by atoms with Crippen LogP contribution in [0, 0.1) is 34.0 Å². The molecule has 3 aliphatic carbocycles. The number of halogens is 19. The van der Waals surface area contributed by atoms with Gasteiger partial charge in [-0.1, -0.05) is 72.1 Å². The highest BCUT2D eigenvalue weighted by Crippen LogP contribution is 2.55. The fraction of sp³-hybridized carbons (Fsp3) is 0.323. The highest BCUT2D eigenvalue weighted by atomic mass is 79.9. The van der Waals surface area contributed by atoms with Crippen molar-refractivity contribution in [3.05, 3.63) is 140 Å². The van der Waals surface area contributed by atoms with Crippen LogP contribution in [-0.2, 0) is 46.3 Å². The summed E-state index contributed by atoms with van der Waals surface area (Å²) in [5, 5.41) is 34.7. The number of ketones is 1. The van der Waals surface area contributed by atoms with E-state index in [1.165, 1.54) is 85.8 Å². The van der Waals surface area contributed by atoms with Crippen LogP contribution in [0.25, 0.3) is 0 Å². The zero-order valence-electron chi connectivity index (χ0n) is 50.9. The van der Waals surface area contributed by atoms with Crippen LogP contribution < -0.4 is 56.8 Å². The van der Waals surface area contributed by atoms with Gasteiger partial charge < -0.3 is 61.9 Å². The average molecular weight is 1740 g/mol. The SMILES string of the molecule is CC(=O)CC#N.ClCCBr.FC1(F)Oc2ccc(Br)cc2O1.FC1(F)Oc2ccc(Br)cc2O1.N#CC1(c2ccc3c(c2)OC(F)(F)O3)CC1.N#CCc1ccc2c(c1)OC(F)(F)O2.O=C(Cl)C1(c2ccc3c(c2)OC(F)(F)O3)CC1.O=C(O)C1(c2ccc3c(c2)OC(F)(F)O3)CC1.O=S(Cl)Cl. The number of nitriles is 3. The third-order valence-corrected chi connectivity index (χ3v) is 16.4. The van der Waals surface area contributed by atoms with Crippen molar-refractivity contribution < 1.29 is 133 Å². The van der Waals surface area contributed by atoms with E-state index < -0.39 is 74.5 Å². The number of hydrogen-bond donors (Lipinski definition) is 1. The molecule has 0 unspecified atom stereocenters. The number of ether oxygens (including phenoxy) is 12. The summed E-state index contributed by atoms with van der Waals surface area (Å²) in [6.07, 6.45) is -17.5. The van der Waals surface area contributed by atoms with E-state index in [9.17, 15) is 67.1 Å². The molecule has 0 bridgehead atoms. The lowest BCUT2D eigenvalue weighted by molar-refractivity contribution is -0.287. The van der Waals surface area contributed by atoms with Crippen molar-refractivity contribution in [2.75, 3.05) is 11.2 Å². The first-order chi connectivity index (χ1) is 47.6. The molecule has 3 fully saturated rings. The molecule has 1 N–H and O–H groups in total. The first kappa shape index (κ1) is 81.4. The Morgan fingerprint density at radius 1 is 0.471 bits per heavy atom. The van der Waals surface area contributed by atoms with E-state index in [0.717, 1.165) is 23.7 Å². The van der Waals surface area contributed by atoms with E-state index >= 15 is 0 Å². The van der Waals surface area contributed by atoms with Gasteiger partial charge >= 0.3 is 43.7 Å². The Morgan fingerprint density at radius 3 is 1.02 bits per heavy atom. The lowest BCUT2D eigenvalue weighted by Gasteiger charge is -2.10. The Kier molecular flexibility index (Phi) is 26.2. The van der Waals surface area contributed by atoms with Crippen LogP contribution in [0.3, 0.4) is 0 Å². The number of alkyl halides is 14. The summed E-state index contributed by atoms with van der Waals surface area (Å²) in [6, 6.07) is 32.0. The maximum Gasteiger partial charge on any atom is 0.586 e. The van der Waals surface area contributed by atoms with Gasteiger partial charge in [-0.15, -0.1) is 64.3 Å². The summed E-state index contributed by atoms with van der Waals surface area (Å²) in [6.45, 7) is 1.39. The number of benzene rings is 6. The van der Waals surface area contributed by atoms with Crippen molar-refractivity contribution in [1.82, 2.24) is 0 Å². The minimum atomic E-state index is -3.67. The van der Waals surface area contributed by atoms with Gasteiger partial charge in [0.25, 0.3) is 0 Å². The summed E-state index contributed by atoms with van der Waals surface area (Å²) >= 11 is 20.0. The number of hydrogen-bond acceptors (Lipinski definition) is 19. The molecule has 6 aromatic rings. The highest BCUT2D eigenvalue weighted by molar-refractivity contribution is 9.10. The summed E-state index contributed by atoms with van der Waals surface area (Å²) in [7, 11) is 7.36. The maximum absolute atomic E-state index is 12.8. The third-order valence-electron chi connectivity index (χ3n) is 14.0. The Hall–Kier alpha value is -7.89. The van der Waals surface area contributed by atoms with E-state index in [4.69, 9.17) is 48.3 Å². The van der Waals surface area contributed by atoms with Gasteiger partial charge in [-0.25, -0.2) is 4.21 Å². The van der Waals surface area contributed by atoms with Crippen LogP contribution in [0.4, 0.5) is 52.7 Å². The van der Waals surface area contributed by atoms with Gasteiger partial charge in [0.05, 0.1) is 47.3 Å². The first-order valence-corrected chi connectivity index (χ1v) is 34.6. The van der Waals surface area contributed by atoms with Gasteiger partial charge in [0.2, 0.25) is 14.5 Å². The lowest BCUT2D eigenvalue weighted by atomic mass is 9.96. The van der Waals surface area contributed by atoms with Gasteiger partial charge in [0.1, 0.15) is 5.78 Å². The van der Waals surface area contributed by atoms with E-state index in [-0.39, 0.29) is 87.6 Å². The molecular formula is C62H42Br3Cl4F12N3O17S. The quantitative estimate of drug-likeness (QED) is 0.0842. The molecular weight excluding hydrogens is 1700 g/mol. The van der Waals surface area contributed by atoms with Crippen molar-refractivity contribution in [3.8, 4) is 87.2 Å². The molecule has 546 valence electrons. The smallest absolute Gasteiger partial charge is 0.481 e. The Balaban J connectivity index is 0.000000166. The van der Waals surface area contributed by atoms with Crippen molar-refractivity contribution in [3.63, 3.8) is 0 Å². The predicted molar refractivity (Wildman–Crippen MR) is 343 cm³/mol. The van der Waals surface area contributed by atoms with Crippen LogP contribution >= 0.6 is 92.4 Å². The molecule has 9 aliphatic rings. The largest absolute Gasteiger partial charge is 0.586 e. The molecule has 6 heterocycles. The fourth-order valence-electron chi connectivity index (χ4n) is 8.96. The minimum absolute atomic E-state index is 0.00307. The molecule has 3 saturated carbocycles. The molecule has 102 heavy (non-hydrogen) atoms. The zero-order chi connectivity index (χ0) is 75.6. The normalized spacial score (nSPS) is 18.5. The Labute approximate surface area is 614 Å². The van der Waals surface area contributed by atoms with Gasteiger partial charge in [0.15, 0.2) is 69.0 Å². The van der Waals surface area contributed by atoms with Gasteiger partial charge in [-0.2, -0.15) is 15.8 Å². The minimum Gasteiger partial charge on any atom is -0.481 e. The molecule has 40 heteroatoms. The molecule has 0 aromatic heterocycles. The third kappa shape index (κ3) is 22.3. The molecule has 0 amide bonds. The highest BCUT2D eigenvalue weighted by Gasteiger charge is 2.55. The van der Waals surface area contributed by atoms with Crippen LogP contribution in [-0.4, -0.2) is 75.3 Å². The van der Waals surface area contributed by atoms with Crippen molar-refractivity contribution in [2.45, 2.75) is 112 Å². The van der Waals surface area contributed by atoms with E-state index in [1.54, 1.807) is 36.4 Å². The summed E-state index contributed by atoms with van der Waals surface area (Å²) in [5.41, 5.74) is 0.245. The predicted octanol–water partition coefficient (Wildman–Crippen LogP) is 18.3. The summed E-state index contributed by atoms with van der Waals surface area (Å²) < 4.78 is 213. The molecule has 0 saturated heterocycles. The van der Waals surface area contributed by atoms with Crippen LogP contribution in [0.1, 0.15) is 74.1 Å². The van der Waals surface area contributed by atoms with Crippen molar-refractivity contribution >= 4 is 119 Å². The second-order valence-electron chi connectivity index (χ2n) is 21.3. The van der Waals surface area contributed by atoms with E-state index in [0.29, 0.717) is 57.2 Å². The van der Waals surface area contributed by atoms with Crippen LogP contribution in [0.2, 0.25) is 0 Å². The molecule has 0 spiro atoms. The number of Topliss-reactive ketones (excluding diaryl/α,β-unsaturated/α-hetero) is 1. The number of aliphatic carboxylic acids is 1. The fourth-order valence-corrected chi connectivity index (χ4v) is 9.93. The monoisotopic (exact) mass is 1740 g/mol. The number of carboxylic acid groups (broad SMARTS) is 1. The van der Waals surface area contributed by atoms with E-state index in [2.05, 4.69) is 132 Å². The van der Waals surface area contributed by atoms with Gasteiger partial charge in [-0.05, 0) is 164 Å². The second kappa shape index (κ2) is 32.8. The number of carbonyl (C=O) groups is 3. The van der Waals surface area contributed by atoms with Crippen LogP contribution in [0.15, 0.2) is 118 Å². The molecule has 0 atom stereocenters. The van der Waals surface area contributed by atoms with Gasteiger partial charge in [0, 0.05) is 41.5 Å². The van der Waals surface area contributed by atoms with Crippen LogP contribution in [0.5, 0.6) is 69.0 Å². The standard InChI is InChI=1S/C11H7ClF2O3.C11H7F2NO2.C11H8F2O4.C9H5F2NO2.2C7H3BrF2O2.C4H5NO.C2H4BrCl.Cl2OS/c12-9(15)10(3-4-10)6-1-2-7-8(5-6)17-11(13,14)16-7;12-11(13)15-8-2-1-7(5-9(8)16-11)10(6-14)3-4-10;12-11(13)16-7-2-1-6(5-8(7)17-11)10(3-4-10)9(14)15;10-9(11)13-7-2-1-6(3-4-12)5-8(7)14-9;2*8-4-1-2-5-6(3-4)12-7(9,10)11-5;1-4(6)2-3-5;3-1-2-4;1-4(2)3/h1-2,5H,3-4H2;1-2,5H,3-4H2;1-2,5H,3-4H2,(H,14,15);1-2,5H,3H2;2*1-3H;2H2,1H3;1-2H2;.